The minimum absolute atomic E-state index is 0.00122. The number of ether oxygens (including phenoxy) is 1. The average molecular weight is 663 g/mol. The van der Waals surface area contributed by atoms with E-state index in [4.69, 9.17) is 16.3 Å². The Morgan fingerprint density at radius 1 is 1.05 bits per heavy atom. The lowest BCUT2D eigenvalue weighted by Gasteiger charge is -2.33. The third-order valence-electron chi connectivity index (χ3n) is 7.15. The number of nitrogens with zero attached hydrogens (tertiary/aromatic N) is 2. The highest BCUT2D eigenvalue weighted by Gasteiger charge is 2.34. The van der Waals surface area contributed by atoms with Gasteiger partial charge in [0, 0.05) is 22.1 Å². The van der Waals surface area contributed by atoms with Gasteiger partial charge >= 0.3 is 0 Å². The molecule has 0 radical (unpaired) electrons. The van der Waals surface area contributed by atoms with Gasteiger partial charge < -0.3 is 15.0 Å². The van der Waals surface area contributed by atoms with Crippen LogP contribution in [0.25, 0.3) is 0 Å². The van der Waals surface area contributed by atoms with Crippen LogP contribution >= 0.6 is 27.5 Å². The number of hydrogen-bond acceptors (Lipinski definition) is 5. The van der Waals surface area contributed by atoms with Crippen molar-refractivity contribution in [2.24, 2.45) is 0 Å². The van der Waals surface area contributed by atoms with E-state index in [2.05, 4.69) is 21.2 Å². The van der Waals surface area contributed by atoms with Gasteiger partial charge in [-0.15, -0.1) is 0 Å². The molecular formula is C30H33BrClN3O5S. The molecular weight excluding hydrogens is 630 g/mol. The van der Waals surface area contributed by atoms with Crippen molar-refractivity contribution < 1.29 is 22.7 Å². The van der Waals surface area contributed by atoms with Crippen molar-refractivity contribution in [3.8, 4) is 5.75 Å². The maximum atomic E-state index is 14.1. The molecule has 0 saturated heterocycles. The molecule has 1 atom stereocenters. The summed E-state index contributed by atoms with van der Waals surface area (Å²) in [5, 5.41) is 3.34. The lowest BCUT2D eigenvalue weighted by Crippen LogP contribution is -2.52. The summed E-state index contributed by atoms with van der Waals surface area (Å²) in [6.45, 7) is 1.19. The summed E-state index contributed by atoms with van der Waals surface area (Å²) in [6, 6.07) is 19.0. The molecule has 0 aliphatic heterocycles. The Morgan fingerprint density at radius 3 is 2.34 bits per heavy atom. The maximum absolute atomic E-state index is 14.1. The summed E-state index contributed by atoms with van der Waals surface area (Å²) in [5.74, 6) is -0.600. The van der Waals surface area contributed by atoms with Gasteiger partial charge in [-0.1, -0.05) is 70.7 Å². The molecule has 1 N–H and O–H groups in total. The smallest absolute Gasteiger partial charge is 0.264 e. The molecule has 1 fully saturated rings. The van der Waals surface area contributed by atoms with Gasteiger partial charge in [0.1, 0.15) is 18.3 Å². The zero-order valence-electron chi connectivity index (χ0n) is 22.9. The second-order valence-corrected chi connectivity index (χ2v) is 13.2. The third kappa shape index (κ3) is 7.61. The Balaban J connectivity index is 1.72. The van der Waals surface area contributed by atoms with E-state index in [-0.39, 0.29) is 39.8 Å². The lowest BCUT2D eigenvalue weighted by molar-refractivity contribution is -0.139. The van der Waals surface area contributed by atoms with Gasteiger partial charge in [0.05, 0.1) is 17.7 Å². The molecule has 2 amide bonds. The van der Waals surface area contributed by atoms with Crippen LogP contribution < -0.4 is 14.4 Å². The van der Waals surface area contributed by atoms with E-state index in [1.807, 2.05) is 24.3 Å². The molecule has 0 heterocycles. The molecule has 0 unspecified atom stereocenters. The van der Waals surface area contributed by atoms with Crippen molar-refractivity contribution in [2.45, 2.75) is 56.1 Å². The zero-order chi connectivity index (χ0) is 29.6. The van der Waals surface area contributed by atoms with Crippen molar-refractivity contribution in [3.63, 3.8) is 0 Å². The molecule has 218 valence electrons. The second kappa shape index (κ2) is 13.7. The number of halogens is 2. The second-order valence-electron chi connectivity index (χ2n) is 9.95. The Labute approximate surface area is 254 Å². The summed E-state index contributed by atoms with van der Waals surface area (Å²) in [7, 11) is -2.82. The summed E-state index contributed by atoms with van der Waals surface area (Å²) in [5.41, 5.74) is 0.906. The van der Waals surface area contributed by atoms with Gasteiger partial charge in [-0.25, -0.2) is 8.42 Å². The van der Waals surface area contributed by atoms with Gasteiger partial charge in [0.2, 0.25) is 11.8 Å². The number of amides is 2. The summed E-state index contributed by atoms with van der Waals surface area (Å²) >= 11 is 9.70. The lowest BCUT2D eigenvalue weighted by atomic mass is 10.1. The molecule has 3 aromatic rings. The fourth-order valence-corrected chi connectivity index (χ4v) is 6.72. The van der Waals surface area contributed by atoms with E-state index in [0.29, 0.717) is 0 Å². The Kier molecular flexibility index (Phi) is 10.3. The monoisotopic (exact) mass is 661 g/mol. The third-order valence-corrected chi connectivity index (χ3v) is 9.69. The molecule has 4 rings (SSSR count). The molecule has 11 heteroatoms. The molecule has 0 aromatic heterocycles. The van der Waals surface area contributed by atoms with Gasteiger partial charge in [0.15, 0.2) is 0 Å². The first-order chi connectivity index (χ1) is 19.6. The number of methoxy groups -OCH3 is 1. The normalized spacial score (nSPS) is 14.3. The number of nitrogens with one attached hydrogen (secondary N) is 1. The van der Waals surface area contributed by atoms with Crippen LogP contribution in [0.1, 0.15) is 38.2 Å². The summed E-state index contributed by atoms with van der Waals surface area (Å²) < 4.78 is 35.3. The average Bonchev–Trinajstić information content (AvgIpc) is 3.48. The van der Waals surface area contributed by atoms with Crippen LogP contribution in [0.5, 0.6) is 5.75 Å². The summed E-state index contributed by atoms with van der Waals surface area (Å²) in [6.07, 6.45) is 3.90. The fourth-order valence-electron chi connectivity index (χ4n) is 4.85. The van der Waals surface area contributed by atoms with Crippen LogP contribution in [0.2, 0.25) is 5.02 Å². The van der Waals surface area contributed by atoms with Gasteiger partial charge in [-0.2, -0.15) is 0 Å². The maximum Gasteiger partial charge on any atom is 0.264 e. The standard InChI is InChI=1S/C30H33BrClN3O5S/c1-21(30(37)33-25-8-6-7-9-25)34(19-22-12-14-23(31)15-13-22)29(36)20-35(27-18-24(32)16-17-28(27)40-2)41(38,39)26-10-4-3-5-11-26/h3-5,10-18,21,25H,6-9,19-20H2,1-2H3,(H,33,37)/t21-/m1/s1. The number of hydrogen-bond donors (Lipinski definition) is 1. The predicted octanol–water partition coefficient (Wildman–Crippen LogP) is 5.78. The molecule has 1 aliphatic rings. The highest BCUT2D eigenvalue weighted by Crippen LogP contribution is 2.35. The SMILES string of the molecule is COc1ccc(Cl)cc1N(CC(=O)N(Cc1ccc(Br)cc1)[C@H](C)C(=O)NC1CCCC1)S(=O)(=O)c1ccccc1. The van der Waals surface area contributed by atoms with E-state index in [9.17, 15) is 18.0 Å². The van der Waals surface area contributed by atoms with E-state index >= 15 is 0 Å². The number of benzene rings is 3. The van der Waals surface area contributed by atoms with Crippen LogP contribution in [0.4, 0.5) is 5.69 Å². The molecule has 3 aromatic carbocycles. The first kappa shape index (κ1) is 30.9. The molecule has 1 saturated carbocycles. The first-order valence-electron chi connectivity index (χ1n) is 13.4. The number of sulfonamides is 1. The van der Waals surface area contributed by atoms with E-state index in [1.165, 1.54) is 30.2 Å². The minimum Gasteiger partial charge on any atom is -0.495 e. The quantitative estimate of drug-likeness (QED) is 0.281. The van der Waals surface area contributed by atoms with E-state index in [1.54, 1.807) is 37.3 Å². The number of carbonyl (C=O) groups is 2. The Hall–Kier alpha value is -3.08. The van der Waals surface area contributed by atoms with Crippen LogP contribution in [-0.4, -0.2) is 50.9 Å². The van der Waals surface area contributed by atoms with Crippen LogP contribution in [0.3, 0.4) is 0 Å². The van der Waals surface area contributed by atoms with Gasteiger partial charge in [0.25, 0.3) is 10.0 Å². The highest BCUT2D eigenvalue weighted by atomic mass is 79.9. The van der Waals surface area contributed by atoms with Crippen molar-refractivity contribution in [1.82, 2.24) is 10.2 Å². The van der Waals surface area contributed by atoms with Gasteiger partial charge in [-0.3, -0.25) is 13.9 Å². The molecule has 1 aliphatic carbocycles. The largest absolute Gasteiger partial charge is 0.495 e. The summed E-state index contributed by atoms with van der Waals surface area (Å²) in [4.78, 5) is 28.8. The number of anilines is 1. The Bertz CT molecular complexity index is 1470. The van der Waals surface area contributed by atoms with Crippen molar-refractivity contribution in [2.75, 3.05) is 18.0 Å². The van der Waals surface area contributed by atoms with Crippen molar-refractivity contribution in [3.05, 3.63) is 87.9 Å². The molecule has 41 heavy (non-hydrogen) atoms. The highest BCUT2D eigenvalue weighted by molar-refractivity contribution is 9.10. The van der Waals surface area contributed by atoms with Crippen LogP contribution in [-0.2, 0) is 26.2 Å². The van der Waals surface area contributed by atoms with Crippen LogP contribution in [0.15, 0.2) is 82.2 Å². The van der Waals surface area contributed by atoms with Gasteiger partial charge in [-0.05, 0) is 67.8 Å². The zero-order valence-corrected chi connectivity index (χ0v) is 26.1. The van der Waals surface area contributed by atoms with Crippen molar-refractivity contribution >= 4 is 55.1 Å². The van der Waals surface area contributed by atoms with E-state index in [0.717, 1.165) is 40.0 Å². The molecule has 8 nitrogen and oxygen atoms in total. The van der Waals surface area contributed by atoms with E-state index < -0.39 is 28.5 Å². The predicted molar refractivity (Wildman–Crippen MR) is 164 cm³/mol. The molecule has 0 bridgehead atoms. The number of carbonyl (C=O) groups excluding carboxylic acids is 2. The van der Waals surface area contributed by atoms with Crippen molar-refractivity contribution in [1.29, 1.82) is 0 Å². The minimum atomic E-state index is -4.23. The molecule has 0 spiro atoms. The fraction of sp³-hybridized carbons (Fsp3) is 0.333. The first-order valence-corrected chi connectivity index (χ1v) is 16.0. The van der Waals surface area contributed by atoms with Crippen LogP contribution in [0, 0.1) is 0 Å². The topological polar surface area (TPSA) is 96.0 Å². The Morgan fingerprint density at radius 2 is 1.71 bits per heavy atom. The number of rotatable bonds is 11.